The molecule has 0 fully saturated rings. The van der Waals surface area contributed by atoms with E-state index in [4.69, 9.17) is 10.4 Å². The van der Waals surface area contributed by atoms with Crippen LogP contribution in [0.15, 0.2) is 24.3 Å². The summed E-state index contributed by atoms with van der Waals surface area (Å²) in [4.78, 5) is 13.7. The molecule has 0 unspecified atom stereocenters. The molecule has 1 rings (SSSR count). The summed E-state index contributed by atoms with van der Waals surface area (Å²) < 4.78 is 0. The van der Waals surface area contributed by atoms with Gasteiger partial charge in [0.1, 0.15) is 0 Å². The average Bonchev–Trinajstić information content (AvgIpc) is 2.32. The highest BCUT2D eigenvalue weighted by Gasteiger charge is 2.02. The molecule has 0 saturated heterocycles. The maximum atomic E-state index is 10.4. The molecule has 0 atom stereocenters. The van der Waals surface area contributed by atoms with Gasteiger partial charge in [0.05, 0.1) is 13.4 Å². The molecule has 88 valence electrons. The molecule has 1 aromatic rings. The highest BCUT2D eigenvalue weighted by Crippen LogP contribution is 2.05. The van der Waals surface area contributed by atoms with E-state index >= 15 is 0 Å². The Bertz CT molecular complexity index is 292. The summed E-state index contributed by atoms with van der Waals surface area (Å²) in [6.45, 7) is 3.28. The molecule has 6 heteroatoms. The molecule has 0 spiro atoms. The fourth-order valence-electron chi connectivity index (χ4n) is 0.813. The van der Waals surface area contributed by atoms with Gasteiger partial charge in [0.15, 0.2) is 0 Å². The number of carboxylic acids is 1. The molecule has 0 aromatic heterocycles. The number of nitrogens with one attached hydrogen (secondary N) is 1. The standard InChI is InChI=1S/C8H8O2.CH3B.CH5NO2/c1-6-4-2-3-5-7(6)8(9)10;1-2;1-2-4-3/h2-5H,1H3,(H,9,10);1H3;2-3H,1H3. The van der Waals surface area contributed by atoms with Crippen LogP contribution in [0.3, 0.4) is 0 Å². The minimum atomic E-state index is -0.863. The van der Waals surface area contributed by atoms with Crippen molar-refractivity contribution in [3.63, 3.8) is 0 Å². The van der Waals surface area contributed by atoms with E-state index in [1.807, 2.05) is 11.5 Å². The molecular weight excluding hydrogens is 209 g/mol. The minimum absolute atomic E-state index is 0.377. The number of rotatable bonds is 2. The van der Waals surface area contributed by atoms with Gasteiger partial charge in [-0.3, -0.25) is 0 Å². The first kappa shape index (κ1) is 17.0. The topological polar surface area (TPSA) is 78.8 Å². The molecule has 2 radical (unpaired) electrons. The van der Waals surface area contributed by atoms with Crippen molar-refractivity contribution in [1.82, 2.24) is 5.48 Å². The SMILES string of the molecule is CNOO.Cc1ccccc1C(=O)O.[B]C. The second kappa shape index (κ2) is 11.7. The molecule has 3 N–H and O–H groups in total. The average molecular weight is 225 g/mol. The van der Waals surface area contributed by atoms with Gasteiger partial charge in [0, 0.05) is 7.05 Å². The van der Waals surface area contributed by atoms with Gasteiger partial charge in [-0.15, -0.1) is 4.99 Å². The highest BCUT2D eigenvalue weighted by molar-refractivity contribution is 6.05. The van der Waals surface area contributed by atoms with Crippen LogP contribution in [0, 0.1) is 6.92 Å². The summed E-state index contributed by atoms with van der Waals surface area (Å²) >= 11 is 0. The van der Waals surface area contributed by atoms with Gasteiger partial charge in [-0.2, -0.15) is 5.48 Å². The van der Waals surface area contributed by atoms with Crippen LogP contribution in [0.5, 0.6) is 0 Å². The molecule has 0 amide bonds. The van der Waals surface area contributed by atoms with E-state index in [9.17, 15) is 4.79 Å². The third kappa shape index (κ3) is 7.99. The van der Waals surface area contributed by atoms with Gasteiger partial charge in [0.25, 0.3) is 0 Å². The molecular formula is C10H16BNO4. The van der Waals surface area contributed by atoms with E-state index in [-0.39, 0.29) is 0 Å². The Morgan fingerprint density at radius 1 is 1.38 bits per heavy atom. The normalized spacial score (nSPS) is 8.00. The zero-order valence-electron chi connectivity index (χ0n) is 9.60. The third-order valence-electron chi connectivity index (χ3n) is 1.47. The van der Waals surface area contributed by atoms with E-state index in [1.54, 1.807) is 25.1 Å². The maximum absolute atomic E-state index is 10.4. The summed E-state index contributed by atoms with van der Waals surface area (Å²) in [6.07, 6.45) is 0. The Hall–Kier alpha value is -1.37. The lowest BCUT2D eigenvalue weighted by atomic mass is 10.1. The Labute approximate surface area is 96.4 Å². The van der Waals surface area contributed by atoms with Crippen molar-refractivity contribution in [2.45, 2.75) is 13.7 Å². The molecule has 16 heavy (non-hydrogen) atoms. The monoisotopic (exact) mass is 225 g/mol. The van der Waals surface area contributed by atoms with Gasteiger partial charge >= 0.3 is 5.97 Å². The molecule has 0 saturated carbocycles. The van der Waals surface area contributed by atoms with Crippen LogP contribution in [0.4, 0.5) is 0 Å². The van der Waals surface area contributed by atoms with Crippen LogP contribution in [0.1, 0.15) is 15.9 Å². The first-order valence-electron chi connectivity index (χ1n) is 4.47. The van der Waals surface area contributed by atoms with Gasteiger partial charge < -0.3 is 5.11 Å². The van der Waals surface area contributed by atoms with Crippen LogP contribution < -0.4 is 5.48 Å². The number of aromatic carboxylic acids is 1. The quantitative estimate of drug-likeness (QED) is 0.404. The van der Waals surface area contributed by atoms with Crippen LogP contribution in [-0.4, -0.2) is 31.2 Å². The number of carbonyl (C=O) groups is 1. The van der Waals surface area contributed by atoms with E-state index in [0.29, 0.717) is 5.56 Å². The largest absolute Gasteiger partial charge is 0.478 e. The molecule has 0 heterocycles. The van der Waals surface area contributed by atoms with Crippen molar-refractivity contribution in [2.75, 3.05) is 7.05 Å². The highest BCUT2D eigenvalue weighted by atomic mass is 17.2. The Balaban J connectivity index is 0. The minimum Gasteiger partial charge on any atom is -0.478 e. The molecule has 0 bridgehead atoms. The van der Waals surface area contributed by atoms with Gasteiger partial charge in [-0.1, -0.05) is 25.0 Å². The van der Waals surface area contributed by atoms with E-state index in [2.05, 4.69) is 12.8 Å². The Kier molecular flexibility index (Phi) is 12.5. The van der Waals surface area contributed by atoms with Crippen LogP contribution in [-0.2, 0) is 4.99 Å². The summed E-state index contributed by atoms with van der Waals surface area (Å²) in [6, 6.07) is 6.92. The summed E-state index contributed by atoms with van der Waals surface area (Å²) in [5, 5.41) is 15.8. The molecule has 0 aliphatic rings. The lowest BCUT2D eigenvalue weighted by molar-refractivity contribution is -0.285. The second-order valence-electron chi connectivity index (χ2n) is 2.42. The number of aryl methyl sites for hydroxylation is 1. The molecule has 5 nitrogen and oxygen atoms in total. The molecule has 0 aliphatic carbocycles. The van der Waals surface area contributed by atoms with Crippen molar-refractivity contribution < 1.29 is 20.1 Å². The molecule has 0 aliphatic heterocycles. The number of hydrogen-bond acceptors (Lipinski definition) is 4. The number of hydroxylamine groups is 1. The van der Waals surface area contributed by atoms with Crippen molar-refractivity contribution in [1.29, 1.82) is 0 Å². The predicted octanol–water partition coefficient (Wildman–Crippen LogP) is 1.51. The lowest BCUT2D eigenvalue weighted by Crippen LogP contribution is -2.00. The maximum Gasteiger partial charge on any atom is 0.335 e. The van der Waals surface area contributed by atoms with Crippen molar-refractivity contribution in [3.05, 3.63) is 35.4 Å². The Morgan fingerprint density at radius 3 is 2.06 bits per heavy atom. The lowest BCUT2D eigenvalue weighted by Gasteiger charge is -1.96. The van der Waals surface area contributed by atoms with Crippen molar-refractivity contribution in [2.24, 2.45) is 0 Å². The zero-order valence-corrected chi connectivity index (χ0v) is 9.60. The predicted molar refractivity (Wildman–Crippen MR) is 62.5 cm³/mol. The molecule has 1 aromatic carbocycles. The second-order valence-corrected chi connectivity index (χ2v) is 2.42. The first-order valence-corrected chi connectivity index (χ1v) is 4.47. The summed E-state index contributed by atoms with van der Waals surface area (Å²) in [5.74, 6) is -0.863. The zero-order chi connectivity index (χ0) is 13.0. The van der Waals surface area contributed by atoms with Gasteiger partial charge in [0.2, 0.25) is 0 Å². The fraction of sp³-hybridized carbons (Fsp3) is 0.300. The summed E-state index contributed by atoms with van der Waals surface area (Å²) in [7, 11) is 5.96. The van der Waals surface area contributed by atoms with Gasteiger partial charge in [-0.05, 0) is 18.6 Å². The van der Waals surface area contributed by atoms with E-state index in [0.717, 1.165) is 5.56 Å². The Morgan fingerprint density at radius 2 is 1.81 bits per heavy atom. The third-order valence-corrected chi connectivity index (χ3v) is 1.47. The smallest absolute Gasteiger partial charge is 0.335 e. The van der Waals surface area contributed by atoms with Crippen molar-refractivity contribution >= 4 is 13.8 Å². The van der Waals surface area contributed by atoms with Crippen LogP contribution in [0.2, 0.25) is 6.82 Å². The first-order chi connectivity index (χ1) is 7.63. The van der Waals surface area contributed by atoms with Gasteiger partial charge in [-0.25, -0.2) is 10.1 Å². The number of hydrogen-bond donors (Lipinski definition) is 3. The van der Waals surface area contributed by atoms with Crippen molar-refractivity contribution in [3.8, 4) is 0 Å². The number of benzene rings is 1. The van der Waals surface area contributed by atoms with Crippen LogP contribution in [0.25, 0.3) is 0 Å². The fourth-order valence-corrected chi connectivity index (χ4v) is 0.813. The van der Waals surface area contributed by atoms with E-state index in [1.165, 1.54) is 13.9 Å². The number of carboxylic acid groups (broad SMARTS) is 1. The van der Waals surface area contributed by atoms with Crippen LogP contribution >= 0.6 is 0 Å². The summed E-state index contributed by atoms with van der Waals surface area (Å²) in [5.41, 5.74) is 3.16. The van der Waals surface area contributed by atoms with E-state index < -0.39 is 5.97 Å².